The van der Waals surface area contributed by atoms with Gasteiger partial charge >= 0.3 is 0 Å². The van der Waals surface area contributed by atoms with Gasteiger partial charge in [-0.25, -0.2) is 4.98 Å². The van der Waals surface area contributed by atoms with Crippen molar-refractivity contribution in [2.24, 2.45) is 4.99 Å². The first-order chi connectivity index (χ1) is 14.0. The second-order valence-corrected chi connectivity index (χ2v) is 7.69. The minimum Gasteiger partial charge on any atom is -0.385 e. The fraction of sp³-hybridized carbons (Fsp3) is 0.714. The van der Waals surface area contributed by atoms with Gasteiger partial charge in [-0.15, -0.1) is 0 Å². The average Bonchev–Trinajstić information content (AvgIpc) is 2.70. The highest BCUT2D eigenvalue weighted by Gasteiger charge is 2.22. The number of methoxy groups -OCH3 is 1. The molecule has 8 heteroatoms. The van der Waals surface area contributed by atoms with Gasteiger partial charge in [0, 0.05) is 66.2 Å². The van der Waals surface area contributed by atoms with Crippen LogP contribution < -0.4 is 15.5 Å². The lowest BCUT2D eigenvalue weighted by Gasteiger charge is -2.36. The number of aliphatic imine (C=N–C) groups is 1. The molecule has 0 radical (unpaired) electrons. The fourth-order valence-corrected chi connectivity index (χ4v) is 3.44. The van der Waals surface area contributed by atoms with Crippen molar-refractivity contribution in [2.75, 3.05) is 65.4 Å². The van der Waals surface area contributed by atoms with Gasteiger partial charge in [-0.3, -0.25) is 4.99 Å². The third-order valence-corrected chi connectivity index (χ3v) is 4.91. The Labute approximate surface area is 175 Å². The number of hydrogen-bond donors (Lipinski definition) is 2. The highest BCUT2D eigenvalue weighted by atomic mass is 16.5. The third-order valence-electron chi connectivity index (χ3n) is 4.91. The summed E-state index contributed by atoms with van der Waals surface area (Å²) in [7, 11) is 5.65. The van der Waals surface area contributed by atoms with Gasteiger partial charge in [-0.05, 0) is 38.9 Å². The first kappa shape index (κ1) is 23.4. The van der Waals surface area contributed by atoms with E-state index >= 15 is 0 Å². The minimum absolute atomic E-state index is 0.232. The van der Waals surface area contributed by atoms with Crippen LogP contribution in [0.1, 0.15) is 25.8 Å². The maximum Gasteiger partial charge on any atom is 0.191 e. The number of nitrogens with one attached hydrogen (secondary N) is 2. The zero-order chi connectivity index (χ0) is 21.1. The molecule has 1 aliphatic heterocycles. The van der Waals surface area contributed by atoms with Gasteiger partial charge in [0.1, 0.15) is 5.82 Å². The van der Waals surface area contributed by atoms with Crippen LogP contribution in [0.15, 0.2) is 23.3 Å². The standard InChI is InChI=1S/C21H38N6O2/c1-17-15-27(16-18(2)29-17)20-8-7-19(13-24-20)14-25-21(22-3)23-9-11-26(4)10-6-12-28-5/h7-8,13,17-18H,6,9-12,14-16H2,1-5H3,(H2,22,23,25). The molecular formula is C21H38N6O2. The van der Waals surface area contributed by atoms with E-state index in [4.69, 9.17) is 9.47 Å². The van der Waals surface area contributed by atoms with Gasteiger partial charge in [0.15, 0.2) is 5.96 Å². The van der Waals surface area contributed by atoms with Crippen LogP contribution in [0.3, 0.4) is 0 Å². The highest BCUT2D eigenvalue weighted by Crippen LogP contribution is 2.18. The maximum atomic E-state index is 5.80. The summed E-state index contributed by atoms with van der Waals surface area (Å²) in [5.41, 5.74) is 1.13. The van der Waals surface area contributed by atoms with Gasteiger partial charge in [-0.1, -0.05) is 6.07 Å². The van der Waals surface area contributed by atoms with Gasteiger partial charge in [0.25, 0.3) is 0 Å². The van der Waals surface area contributed by atoms with Crippen molar-refractivity contribution in [3.05, 3.63) is 23.9 Å². The van der Waals surface area contributed by atoms with Crippen LogP contribution in [-0.4, -0.2) is 88.6 Å². The van der Waals surface area contributed by atoms with Gasteiger partial charge in [0.05, 0.1) is 12.2 Å². The number of rotatable bonds is 10. The van der Waals surface area contributed by atoms with Crippen molar-refractivity contribution in [3.63, 3.8) is 0 Å². The second kappa shape index (κ2) is 12.6. The molecule has 2 atom stereocenters. The van der Waals surface area contributed by atoms with Crippen LogP contribution in [0.5, 0.6) is 0 Å². The quantitative estimate of drug-likeness (QED) is 0.345. The molecule has 0 saturated carbocycles. The van der Waals surface area contributed by atoms with Crippen molar-refractivity contribution < 1.29 is 9.47 Å². The van der Waals surface area contributed by atoms with Crippen molar-refractivity contribution in [2.45, 2.75) is 39.0 Å². The highest BCUT2D eigenvalue weighted by molar-refractivity contribution is 5.79. The lowest BCUT2D eigenvalue weighted by molar-refractivity contribution is -0.00545. The molecule has 29 heavy (non-hydrogen) atoms. The molecule has 1 saturated heterocycles. The van der Waals surface area contributed by atoms with Gasteiger partial charge in [0.2, 0.25) is 0 Å². The number of pyridine rings is 1. The SMILES string of the molecule is CN=C(NCCN(C)CCCOC)NCc1ccc(N2CC(C)OC(C)C2)nc1. The van der Waals surface area contributed by atoms with E-state index in [-0.39, 0.29) is 12.2 Å². The van der Waals surface area contributed by atoms with Crippen molar-refractivity contribution >= 4 is 11.8 Å². The zero-order valence-corrected chi connectivity index (χ0v) is 18.6. The molecule has 1 aromatic heterocycles. The van der Waals surface area contributed by atoms with E-state index in [1.165, 1.54) is 0 Å². The molecule has 164 valence electrons. The summed E-state index contributed by atoms with van der Waals surface area (Å²) in [6.45, 7) is 10.3. The fourth-order valence-electron chi connectivity index (χ4n) is 3.44. The largest absolute Gasteiger partial charge is 0.385 e. The summed E-state index contributed by atoms with van der Waals surface area (Å²) in [4.78, 5) is 13.5. The van der Waals surface area contributed by atoms with Crippen LogP contribution in [0.2, 0.25) is 0 Å². The Morgan fingerprint density at radius 1 is 1.28 bits per heavy atom. The van der Waals surface area contributed by atoms with Crippen LogP contribution in [-0.2, 0) is 16.0 Å². The number of anilines is 1. The normalized spacial score (nSPS) is 20.2. The van der Waals surface area contributed by atoms with Crippen LogP contribution in [0.4, 0.5) is 5.82 Å². The molecule has 0 aromatic carbocycles. The molecule has 0 amide bonds. The van der Waals surface area contributed by atoms with Crippen molar-refractivity contribution in [1.29, 1.82) is 0 Å². The van der Waals surface area contributed by atoms with Crippen molar-refractivity contribution in [3.8, 4) is 0 Å². The molecule has 8 nitrogen and oxygen atoms in total. The van der Waals surface area contributed by atoms with E-state index < -0.39 is 0 Å². The summed E-state index contributed by atoms with van der Waals surface area (Å²) in [6.07, 6.45) is 3.44. The van der Waals surface area contributed by atoms with Gasteiger partial charge < -0.3 is 29.9 Å². The third kappa shape index (κ3) is 8.55. The first-order valence-electron chi connectivity index (χ1n) is 10.5. The maximum absolute atomic E-state index is 5.80. The van der Waals surface area contributed by atoms with E-state index in [0.29, 0.717) is 6.54 Å². The number of ether oxygens (including phenoxy) is 2. The number of aromatic nitrogens is 1. The molecule has 2 unspecified atom stereocenters. The summed E-state index contributed by atoms with van der Waals surface area (Å²) in [5, 5.41) is 6.71. The molecule has 0 aliphatic carbocycles. The Kier molecular flexibility index (Phi) is 10.2. The molecule has 2 rings (SSSR count). The summed E-state index contributed by atoms with van der Waals surface area (Å²) in [6, 6.07) is 4.21. The zero-order valence-electron chi connectivity index (χ0n) is 18.6. The lowest BCUT2D eigenvalue weighted by Crippen LogP contribution is -2.45. The predicted octanol–water partition coefficient (Wildman–Crippen LogP) is 1.33. The first-order valence-corrected chi connectivity index (χ1v) is 10.5. The Hall–Kier alpha value is -1.90. The van der Waals surface area contributed by atoms with E-state index in [0.717, 1.165) is 63.1 Å². The predicted molar refractivity (Wildman–Crippen MR) is 119 cm³/mol. The minimum atomic E-state index is 0.232. The Balaban J connectivity index is 1.72. The number of nitrogens with zero attached hydrogens (tertiary/aromatic N) is 4. The molecule has 0 spiro atoms. The Morgan fingerprint density at radius 2 is 2.03 bits per heavy atom. The molecule has 1 fully saturated rings. The van der Waals surface area contributed by atoms with Crippen LogP contribution in [0, 0.1) is 0 Å². The number of likely N-dealkylation sites (N-methyl/N-ethyl adjacent to an activating group) is 1. The molecular weight excluding hydrogens is 368 g/mol. The Morgan fingerprint density at radius 3 is 2.66 bits per heavy atom. The van der Waals surface area contributed by atoms with Crippen LogP contribution in [0.25, 0.3) is 0 Å². The molecule has 1 aliphatic rings. The summed E-state index contributed by atoms with van der Waals surface area (Å²) < 4.78 is 10.9. The van der Waals surface area contributed by atoms with Crippen molar-refractivity contribution in [1.82, 2.24) is 20.5 Å². The second-order valence-electron chi connectivity index (χ2n) is 7.69. The van der Waals surface area contributed by atoms with E-state index in [2.05, 4.69) is 63.4 Å². The average molecular weight is 407 g/mol. The Bertz CT molecular complexity index is 600. The number of guanidine groups is 1. The monoisotopic (exact) mass is 406 g/mol. The smallest absolute Gasteiger partial charge is 0.191 e. The summed E-state index contributed by atoms with van der Waals surface area (Å²) >= 11 is 0. The number of morpholine rings is 1. The lowest BCUT2D eigenvalue weighted by atomic mass is 10.2. The van der Waals surface area contributed by atoms with E-state index in [1.54, 1.807) is 14.2 Å². The van der Waals surface area contributed by atoms with E-state index in [9.17, 15) is 0 Å². The number of hydrogen-bond acceptors (Lipinski definition) is 6. The van der Waals surface area contributed by atoms with Gasteiger partial charge in [-0.2, -0.15) is 0 Å². The molecule has 2 heterocycles. The molecule has 2 N–H and O–H groups in total. The molecule has 1 aromatic rings. The van der Waals surface area contributed by atoms with E-state index in [1.807, 2.05) is 6.20 Å². The van der Waals surface area contributed by atoms with Crippen LogP contribution >= 0.6 is 0 Å². The summed E-state index contributed by atoms with van der Waals surface area (Å²) in [5.74, 6) is 1.81. The topological polar surface area (TPSA) is 74.2 Å². The molecule has 0 bridgehead atoms.